The van der Waals surface area contributed by atoms with Crippen molar-refractivity contribution in [1.82, 2.24) is 9.62 Å². The number of hydrogen-bond acceptors (Lipinski definition) is 4. The summed E-state index contributed by atoms with van der Waals surface area (Å²) in [7, 11) is -3.65. The zero-order valence-electron chi connectivity index (χ0n) is 14.3. The number of halogens is 1. The molecule has 0 amide bonds. The zero-order valence-corrected chi connectivity index (χ0v) is 15.1. The SMILES string of the molecule is Cc1cc(F)ccc1S(=O)(=O)NC1CC2COC(C(C)C)CN2C1. The van der Waals surface area contributed by atoms with Gasteiger partial charge >= 0.3 is 0 Å². The number of sulfonamides is 1. The number of rotatable bonds is 4. The minimum Gasteiger partial charge on any atom is -0.375 e. The van der Waals surface area contributed by atoms with E-state index in [1.54, 1.807) is 6.92 Å². The molecule has 3 atom stereocenters. The lowest BCUT2D eigenvalue weighted by Gasteiger charge is -2.36. The van der Waals surface area contributed by atoms with E-state index in [9.17, 15) is 12.8 Å². The second-order valence-electron chi connectivity index (χ2n) is 7.19. The molecule has 0 saturated carbocycles. The summed E-state index contributed by atoms with van der Waals surface area (Å²) in [4.78, 5) is 2.46. The molecule has 2 heterocycles. The normalized spacial score (nSPS) is 28.3. The maximum absolute atomic E-state index is 13.2. The van der Waals surface area contributed by atoms with Crippen LogP contribution in [-0.4, -0.2) is 51.2 Å². The van der Waals surface area contributed by atoms with Crippen molar-refractivity contribution in [1.29, 1.82) is 0 Å². The third-order valence-corrected chi connectivity index (χ3v) is 6.62. The summed E-state index contributed by atoms with van der Waals surface area (Å²) in [6, 6.07) is 3.88. The van der Waals surface area contributed by atoms with E-state index in [2.05, 4.69) is 23.5 Å². The van der Waals surface area contributed by atoms with Gasteiger partial charge in [0.25, 0.3) is 0 Å². The predicted molar refractivity (Wildman–Crippen MR) is 89.8 cm³/mol. The standard InChI is InChI=1S/C17H25FN2O3S/c1-11(2)16-9-20-8-14(7-15(20)10-23-16)19-24(21,22)17-5-4-13(18)6-12(17)3/h4-6,11,14-16,19H,7-10H2,1-3H3. The number of morpholine rings is 1. The van der Waals surface area contributed by atoms with Crippen molar-refractivity contribution in [3.8, 4) is 0 Å². The molecule has 7 heteroatoms. The Morgan fingerprint density at radius 1 is 1.33 bits per heavy atom. The second kappa shape index (κ2) is 6.71. The molecular formula is C17H25FN2O3S. The Morgan fingerprint density at radius 2 is 2.08 bits per heavy atom. The highest BCUT2D eigenvalue weighted by atomic mass is 32.2. The molecule has 1 N–H and O–H groups in total. The van der Waals surface area contributed by atoms with Crippen LogP contribution in [0.4, 0.5) is 4.39 Å². The average molecular weight is 356 g/mol. The van der Waals surface area contributed by atoms with Crippen LogP contribution in [0, 0.1) is 18.7 Å². The molecule has 0 spiro atoms. The maximum Gasteiger partial charge on any atom is 0.241 e. The molecule has 5 nitrogen and oxygen atoms in total. The van der Waals surface area contributed by atoms with Crippen LogP contribution in [0.25, 0.3) is 0 Å². The van der Waals surface area contributed by atoms with Gasteiger partial charge < -0.3 is 4.74 Å². The predicted octanol–water partition coefficient (Wildman–Crippen LogP) is 1.91. The minimum atomic E-state index is -3.65. The van der Waals surface area contributed by atoms with Gasteiger partial charge in [-0.1, -0.05) is 13.8 Å². The van der Waals surface area contributed by atoms with Crippen LogP contribution in [-0.2, 0) is 14.8 Å². The Kier molecular flexibility index (Phi) is 4.97. The van der Waals surface area contributed by atoms with E-state index in [4.69, 9.17) is 4.74 Å². The first-order valence-corrected chi connectivity index (χ1v) is 9.88. The first-order valence-electron chi connectivity index (χ1n) is 8.40. The van der Waals surface area contributed by atoms with E-state index in [-0.39, 0.29) is 23.1 Å². The van der Waals surface area contributed by atoms with Crippen molar-refractivity contribution in [3.05, 3.63) is 29.6 Å². The Bertz CT molecular complexity index is 708. The molecule has 1 aromatic carbocycles. The average Bonchev–Trinajstić information content (AvgIpc) is 2.86. The van der Waals surface area contributed by atoms with E-state index in [1.165, 1.54) is 18.2 Å². The maximum atomic E-state index is 13.2. The van der Waals surface area contributed by atoms with Gasteiger partial charge in [0.15, 0.2) is 0 Å². The quantitative estimate of drug-likeness (QED) is 0.895. The molecule has 3 rings (SSSR count). The molecule has 2 fully saturated rings. The number of nitrogens with zero attached hydrogens (tertiary/aromatic N) is 1. The Hall–Kier alpha value is -1.02. The van der Waals surface area contributed by atoms with Crippen molar-refractivity contribution in [2.24, 2.45) is 5.92 Å². The van der Waals surface area contributed by atoms with E-state index in [0.29, 0.717) is 24.6 Å². The topological polar surface area (TPSA) is 58.6 Å². The van der Waals surface area contributed by atoms with Gasteiger partial charge in [-0.05, 0) is 43.0 Å². The molecular weight excluding hydrogens is 331 g/mol. The molecule has 0 bridgehead atoms. The van der Waals surface area contributed by atoms with Crippen molar-refractivity contribution in [2.75, 3.05) is 19.7 Å². The smallest absolute Gasteiger partial charge is 0.241 e. The first kappa shape index (κ1) is 17.8. The van der Waals surface area contributed by atoms with Gasteiger partial charge in [0.05, 0.1) is 17.6 Å². The Balaban J connectivity index is 1.69. The largest absolute Gasteiger partial charge is 0.375 e. The number of aryl methyl sites for hydroxylation is 1. The molecule has 0 aromatic heterocycles. The monoisotopic (exact) mass is 356 g/mol. The van der Waals surface area contributed by atoms with Gasteiger partial charge in [0.2, 0.25) is 10.0 Å². The molecule has 3 unspecified atom stereocenters. The molecule has 24 heavy (non-hydrogen) atoms. The molecule has 2 saturated heterocycles. The zero-order chi connectivity index (χ0) is 17.5. The lowest BCUT2D eigenvalue weighted by atomic mass is 10.0. The Labute approximate surface area is 143 Å². The molecule has 134 valence electrons. The number of benzene rings is 1. The van der Waals surface area contributed by atoms with Crippen LogP contribution in [0.5, 0.6) is 0 Å². The molecule has 1 aromatic rings. The van der Waals surface area contributed by atoms with Gasteiger partial charge in [-0.25, -0.2) is 17.5 Å². The van der Waals surface area contributed by atoms with Gasteiger partial charge in [0, 0.05) is 25.2 Å². The number of nitrogens with one attached hydrogen (secondary N) is 1. The van der Waals surface area contributed by atoms with E-state index in [0.717, 1.165) is 13.0 Å². The van der Waals surface area contributed by atoms with Crippen LogP contribution in [0.3, 0.4) is 0 Å². The third-order valence-electron chi connectivity index (χ3n) is 4.94. The summed E-state index contributed by atoms with van der Waals surface area (Å²) in [5, 5.41) is 0. The van der Waals surface area contributed by atoms with E-state index >= 15 is 0 Å². The fourth-order valence-electron chi connectivity index (χ4n) is 3.59. The lowest BCUT2D eigenvalue weighted by Crippen LogP contribution is -2.48. The van der Waals surface area contributed by atoms with E-state index < -0.39 is 15.8 Å². The molecule has 0 aliphatic carbocycles. The summed E-state index contributed by atoms with van der Waals surface area (Å²) in [6.45, 7) is 8.07. The van der Waals surface area contributed by atoms with Crippen molar-refractivity contribution in [3.63, 3.8) is 0 Å². The highest BCUT2D eigenvalue weighted by Crippen LogP contribution is 2.27. The summed E-state index contributed by atoms with van der Waals surface area (Å²) >= 11 is 0. The van der Waals surface area contributed by atoms with Gasteiger partial charge in [-0.2, -0.15) is 0 Å². The van der Waals surface area contributed by atoms with Crippen LogP contribution in [0.1, 0.15) is 25.8 Å². The minimum absolute atomic E-state index is 0.140. The fraction of sp³-hybridized carbons (Fsp3) is 0.647. The van der Waals surface area contributed by atoms with Gasteiger partial charge in [-0.3, -0.25) is 4.90 Å². The van der Waals surface area contributed by atoms with E-state index in [1.807, 2.05) is 0 Å². The van der Waals surface area contributed by atoms with Gasteiger partial charge in [0.1, 0.15) is 5.82 Å². The number of fused-ring (bicyclic) bond motifs is 1. The summed E-state index contributed by atoms with van der Waals surface area (Å²) < 4.78 is 47.1. The van der Waals surface area contributed by atoms with Crippen molar-refractivity contribution < 1.29 is 17.5 Å². The Morgan fingerprint density at radius 3 is 2.75 bits per heavy atom. The molecule has 2 aliphatic rings. The lowest BCUT2D eigenvalue weighted by molar-refractivity contribution is -0.0683. The number of hydrogen-bond donors (Lipinski definition) is 1. The summed E-state index contributed by atoms with van der Waals surface area (Å²) in [6.07, 6.45) is 0.945. The fourth-order valence-corrected chi connectivity index (χ4v) is 5.05. The first-order chi connectivity index (χ1) is 11.3. The summed E-state index contributed by atoms with van der Waals surface area (Å²) in [5.74, 6) is 0.0184. The van der Waals surface area contributed by atoms with Crippen LogP contribution in [0.2, 0.25) is 0 Å². The van der Waals surface area contributed by atoms with Crippen molar-refractivity contribution >= 4 is 10.0 Å². The van der Waals surface area contributed by atoms with Crippen molar-refractivity contribution in [2.45, 2.75) is 50.3 Å². The van der Waals surface area contributed by atoms with Crippen LogP contribution in [0.15, 0.2) is 23.1 Å². The second-order valence-corrected chi connectivity index (χ2v) is 8.87. The molecule has 2 aliphatic heterocycles. The third kappa shape index (κ3) is 3.64. The highest BCUT2D eigenvalue weighted by Gasteiger charge is 2.39. The van der Waals surface area contributed by atoms with Crippen LogP contribution < -0.4 is 4.72 Å². The molecule has 0 radical (unpaired) electrons. The summed E-state index contributed by atoms with van der Waals surface area (Å²) in [5.41, 5.74) is 0.418. The number of ether oxygens (including phenoxy) is 1. The van der Waals surface area contributed by atoms with Crippen LogP contribution >= 0.6 is 0 Å². The van der Waals surface area contributed by atoms with Gasteiger partial charge in [-0.15, -0.1) is 0 Å². The highest BCUT2D eigenvalue weighted by molar-refractivity contribution is 7.89.